The van der Waals surface area contributed by atoms with Crippen molar-refractivity contribution in [3.63, 3.8) is 0 Å². The van der Waals surface area contributed by atoms with Gasteiger partial charge in [0, 0.05) is 13.1 Å². The van der Waals surface area contributed by atoms with Gasteiger partial charge in [0.1, 0.15) is 11.4 Å². The van der Waals surface area contributed by atoms with E-state index in [1.165, 1.54) is 12.1 Å². The van der Waals surface area contributed by atoms with Gasteiger partial charge in [-0.1, -0.05) is 12.1 Å². The molecular formula is C17H23FN2O3. The molecule has 0 radical (unpaired) electrons. The lowest BCUT2D eigenvalue weighted by Gasteiger charge is -2.33. The zero-order valence-electron chi connectivity index (χ0n) is 13.8. The molecule has 0 aliphatic carbocycles. The quantitative estimate of drug-likeness (QED) is 0.908. The Balaban J connectivity index is 1.96. The number of ether oxygens (including phenoxy) is 1. The standard InChI is InChI=1S/C17H23FN2O3/c1-17(2,3)23-16(22)20-10-6-7-12(11-20)15(21)19-14-9-5-4-8-13(14)18/h4-5,8-9,12H,6-7,10-11H2,1-3H3,(H,19,21). The monoisotopic (exact) mass is 322 g/mol. The van der Waals surface area contributed by atoms with Gasteiger partial charge in [-0.25, -0.2) is 9.18 Å². The Hall–Kier alpha value is -2.11. The van der Waals surface area contributed by atoms with Crippen LogP contribution in [0.3, 0.4) is 0 Å². The fourth-order valence-electron chi connectivity index (χ4n) is 2.48. The van der Waals surface area contributed by atoms with Crippen LogP contribution >= 0.6 is 0 Å². The first kappa shape index (κ1) is 17.2. The van der Waals surface area contributed by atoms with E-state index in [9.17, 15) is 14.0 Å². The van der Waals surface area contributed by atoms with Gasteiger partial charge in [-0.2, -0.15) is 0 Å². The van der Waals surface area contributed by atoms with Crippen molar-refractivity contribution >= 4 is 17.7 Å². The highest BCUT2D eigenvalue weighted by Crippen LogP contribution is 2.21. The number of carbonyl (C=O) groups is 2. The SMILES string of the molecule is CC(C)(C)OC(=O)N1CCCC(C(=O)Nc2ccccc2F)C1. The maximum Gasteiger partial charge on any atom is 0.410 e. The van der Waals surface area contributed by atoms with E-state index in [4.69, 9.17) is 4.74 Å². The fraction of sp³-hybridized carbons (Fsp3) is 0.529. The zero-order valence-corrected chi connectivity index (χ0v) is 13.8. The van der Waals surface area contributed by atoms with Crippen molar-refractivity contribution in [2.45, 2.75) is 39.2 Å². The predicted molar refractivity (Wildman–Crippen MR) is 85.6 cm³/mol. The van der Waals surface area contributed by atoms with Crippen LogP contribution in [-0.4, -0.2) is 35.6 Å². The maximum atomic E-state index is 13.6. The zero-order chi connectivity index (χ0) is 17.0. The molecule has 23 heavy (non-hydrogen) atoms. The summed E-state index contributed by atoms with van der Waals surface area (Å²) in [6.45, 7) is 6.26. The van der Waals surface area contributed by atoms with E-state index in [1.54, 1.807) is 37.8 Å². The first-order valence-corrected chi connectivity index (χ1v) is 7.79. The summed E-state index contributed by atoms with van der Waals surface area (Å²) in [4.78, 5) is 26.0. The minimum atomic E-state index is -0.570. The molecule has 2 amide bonds. The number of halogens is 1. The Morgan fingerprint density at radius 1 is 1.30 bits per heavy atom. The van der Waals surface area contributed by atoms with E-state index in [-0.39, 0.29) is 24.1 Å². The van der Waals surface area contributed by atoms with Crippen LogP contribution in [0.1, 0.15) is 33.6 Å². The number of hydrogen-bond acceptors (Lipinski definition) is 3. The van der Waals surface area contributed by atoms with Crippen LogP contribution in [0.4, 0.5) is 14.9 Å². The number of piperidine rings is 1. The van der Waals surface area contributed by atoms with Crippen LogP contribution < -0.4 is 5.32 Å². The molecule has 1 aliphatic heterocycles. The van der Waals surface area contributed by atoms with Gasteiger partial charge in [0.05, 0.1) is 11.6 Å². The second kappa shape index (κ2) is 6.98. The summed E-state index contributed by atoms with van der Waals surface area (Å²) < 4.78 is 18.9. The third kappa shape index (κ3) is 4.94. The van der Waals surface area contributed by atoms with Crippen LogP contribution in [0.2, 0.25) is 0 Å². The van der Waals surface area contributed by atoms with E-state index in [1.807, 2.05) is 0 Å². The average molecular weight is 322 g/mol. The van der Waals surface area contributed by atoms with Gasteiger partial charge in [0.2, 0.25) is 5.91 Å². The second-order valence-corrected chi connectivity index (χ2v) is 6.73. The van der Waals surface area contributed by atoms with E-state index in [0.29, 0.717) is 19.4 Å². The summed E-state index contributed by atoms with van der Waals surface area (Å²) in [5.41, 5.74) is -0.411. The molecule has 1 atom stereocenters. The highest BCUT2D eigenvalue weighted by Gasteiger charge is 2.31. The molecule has 2 rings (SSSR count). The second-order valence-electron chi connectivity index (χ2n) is 6.73. The number of carbonyl (C=O) groups excluding carboxylic acids is 2. The van der Waals surface area contributed by atoms with Crippen molar-refractivity contribution in [2.24, 2.45) is 5.92 Å². The van der Waals surface area contributed by atoms with Gasteiger partial charge < -0.3 is 15.0 Å². The number of rotatable bonds is 2. The molecule has 1 heterocycles. The molecular weight excluding hydrogens is 299 g/mol. The molecule has 0 saturated carbocycles. The number of likely N-dealkylation sites (tertiary alicyclic amines) is 1. The van der Waals surface area contributed by atoms with Gasteiger partial charge in [0.25, 0.3) is 0 Å². The molecule has 5 nitrogen and oxygen atoms in total. The maximum absolute atomic E-state index is 13.6. The number of amides is 2. The van der Waals surface area contributed by atoms with Crippen LogP contribution in [0, 0.1) is 11.7 Å². The van der Waals surface area contributed by atoms with Crippen molar-refractivity contribution in [3.8, 4) is 0 Å². The molecule has 0 spiro atoms. The molecule has 0 aromatic heterocycles. The van der Waals surface area contributed by atoms with E-state index in [0.717, 1.165) is 0 Å². The lowest BCUT2D eigenvalue weighted by Crippen LogP contribution is -2.45. The summed E-state index contributed by atoms with van der Waals surface area (Å²) in [5.74, 6) is -1.11. The number of para-hydroxylation sites is 1. The molecule has 1 fully saturated rings. The largest absolute Gasteiger partial charge is 0.444 e. The fourth-order valence-corrected chi connectivity index (χ4v) is 2.48. The Bertz CT molecular complexity index is 583. The van der Waals surface area contributed by atoms with Crippen molar-refractivity contribution < 1.29 is 18.7 Å². The van der Waals surface area contributed by atoms with Gasteiger partial charge in [0.15, 0.2) is 0 Å². The minimum absolute atomic E-state index is 0.159. The third-order valence-electron chi connectivity index (χ3n) is 3.58. The number of nitrogens with one attached hydrogen (secondary N) is 1. The van der Waals surface area contributed by atoms with E-state index in [2.05, 4.69) is 5.32 Å². The number of anilines is 1. The van der Waals surface area contributed by atoms with Gasteiger partial charge >= 0.3 is 6.09 Å². The third-order valence-corrected chi connectivity index (χ3v) is 3.58. The molecule has 1 saturated heterocycles. The Morgan fingerprint density at radius 3 is 2.65 bits per heavy atom. The highest BCUT2D eigenvalue weighted by molar-refractivity contribution is 5.93. The lowest BCUT2D eigenvalue weighted by molar-refractivity contribution is -0.121. The molecule has 1 aliphatic rings. The topological polar surface area (TPSA) is 58.6 Å². The summed E-state index contributed by atoms with van der Waals surface area (Å²) in [7, 11) is 0. The molecule has 1 N–H and O–H groups in total. The predicted octanol–water partition coefficient (Wildman–Crippen LogP) is 3.41. The highest BCUT2D eigenvalue weighted by atomic mass is 19.1. The van der Waals surface area contributed by atoms with Crippen LogP contribution in [0.5, 0.6) is 0 Å². The Kier molecular flexibility index (Phi) is 5.23. The lowest BCUT2D eigenvalue weighted by atomic mass is 9.97. The minimum Gasteiger partial charge on any atom is -0.444 e. The number of hydrogen-bond donors (Lipinski definition) is 1. The normalized spacial score (nSPS) is 18.4. The van der Waals surface area contributed by atoms with Gasteiger partial charge in [-0.05, 0) is 45.7 Å². The first-order valence-electron chi connectivity index (χ1n) is 7.79. The molecule has 1 aromatic carbocycles. The first-order chi connectivity index (χ1) is 10.8. The smallest absolute Gasteiger partial charge is 0.410 e. The van der Waals surface area contributed by atoms with Crippen LogP contribution in [-0.2, 0) is 9.53 Å². The molecule has 0 bridgehead atoms. The van der Waals surface area contributed by atoms with Crippen molar-refractivity contribution in [3.05, 3.63) is 30.1 Å². The Labute approximate surface area is 135 Å². The summed E-state index contributed by atoms with van der Waals surface area (Å²) in [5, 5.41) is 2.59. The number of benzene rings is 1. The number of nitrogens with zero attached hydrogens (tertiary/aromatic N) is 1. The molecule has 126 valence electrons. The summed E-state index contributed by atoms with van der Waals surface area (Å²) in [6, 6.07) is 6.04. The Morgan fingerprint density at radius 2 is 2.00 bits per heavy atom. The molecule has 1 unspecified atom stereocenters. The van der Waals surface area contributed by atoms with Crippen LogP contribution in [0.15, 0.2) is 24.3 Å². The summed E-state index contributed by atoms with van der Waals surface area (Å²) >= 11 is 0. The van der Waals surface area contributed by atoms with Crippen molar-refractivity contribution in [2.75, 3.05) is 18.4 Å². The van der Waals surface area contributed by atoms with Crippen LogP contribution in [0.25, 0.3) is 0 Å². The van der Waals surface area contributed by atoms with Gasteiger partial charge in [-0.3, -0.25) is 4.79 Å². The summed E-state index contributed by atoms with van der Waals surface area (Å²) in [6.07, 6.45) is 0.967. The van der Waals surface area contributed by atoms with E-state index < -0.39 is 17.5 Å². The van der Waals surface area contributed by atoms with E-state index >= 15 is 0 Å². The van der Waals surface area contributed by atoms with Crippen molar-refractivity contribution in [1.29, 1.82) is 0 Å². The van der Waals surface area contributed by atoms with Gasteiger partial charge in [-0.15, -0.1) is 0 Å². The molecule has 1 aromatic rings. The van der Waals surface area contributed by atoms with Crippen molar-refractivity contribution in [1.82, 2.24) is 4.90 Å². The average Bonchev–Trinajstić information content (AvgIpc) is 2.48. The molecule has 6 heteroatoms.